The number of hydrogen-bond donors (Lipinski definition) is 1. The lowest BCUT2D eigenvalue weighted by Gasteiger charge is -2.35. The summed E-state index contributed by atoms with van der Waals surface area (Å²) >= 11 is 0. The van der Waals surface area contributed by atoms with Crippen molar-refractivity contribution in [2.75, 3.05) is 38.4 Å². The number of rotatable bonds is 8. The van der Waals surface area contributed by atoms with Crippen molar-refractivity contribution in [3.05, 3.63) is 91.5 Å². The summed E-state index contributed by atoms with van der Waals surface area (Å²) in [5, 5.41) is 2.71. The van der Waals surface area contributed by atoms with Crippen molar-refractivity contribution in [3.63, 3.8) is 0 Å². The predicted octanol–water partition coefficient (Wildman–Crippen LogP) is 3.39. The number of morpholine rings is 1. The Morgan fingerprint density at radius 3 is 2.53 bits per heavy atom. The first-order chi connectivity index (χ1) is 21.4. The number of nitrogens with zero attached hydrogens (tertiary/aromatic N) is 3. The topological polar surface area (TPSA) is 104 Å². The Labute approximate surface area is 259 Å². The molecule has 3 heterocycles. The molecule has 3 aromatic rings. The first kappa shape index (κ1) is 32.0. The summed E-state index contributed by atoms with van der Waals surface area (Å²) < 4.78 is 50.0. The number of anilines is 1. The smallest absolute Gasteiger partial charge is 0.330 e. The minimum atomic E-state index is -0.979. The molecule has 2 aromatic carbocycles. The molecule has 1 amide bonds. The van der Waals surface area contributed by atoms with Crippen molar-refractivity contribution in [1.82, 2.24) is 14.5 Å². The molecule has 0 saturated carbocycles. The molecular weight excluding hydrogens is 586 g/mol. The summed E-state index contributed by atoms with van der Waals surface area (Å²) in [5.74, 6) is -2.18. The zero-order chi connectivity index (χ0) is 32.6. The van der Waals surface area contributed by atoms with E-state index in [9.17, 15) is 14.4 Å². The third-order valence-electron chi connectivity index (χ3n) is 8.74. The fourth-order valence-corrected chi connectivity index (χ4v) is 6.07. The zero-order valence-electron chi connectivity index (χ0n) is 26.2. The van der Waals surface area contributed by atoms with Gasteiger partial charge in [-0.2, -0.15) is 0 Å². The monoisotopic (exact) mass is 624 g/mol. The van der Waals surface area contributed by atoms with E-state index in [2.05, 4.69) is 11.9 Å². The van der Waals surface area contributed by atoms with Gasteiger partial charge in [-0.3, -0.25) is 14.2 Å². The van der Waals surface area contributed by atoms with E-state index >= 15 is 8.78 Å². The van der Waals surface area contributed by atoms with Gasteiger partial charge >= 0.3 is 5.69 Å². The summed E-state index contributed by atoms with van der Waals surface area (Å²) in [6.07, 6.45) is 1.54. The number of amides is 1. The van der Waals surface area contributed by atoms with E-state index in [4.69, 9.17) is 14.2 Å². The third kappa shape index (κ3) is 5.98. The van der Waals surface area contributed by atoms with Crippen LogP contribution in [-0.4, -0.2) is 60.6 Å². The lowest BCUT2D eigenvalue weighted by Crippen LogP contribution is -2.44. The predicted molar refractivity (Wildman–Crippen MR) is 166 cm³/mol. The molecule has 12 heteroatoms. The van der Waals surface area contributed by atoms with Crippen LogP contribution in [0.3, 0.4) is 0 Å². The highest BCUT2D eigenvalue weighted by Gasteiger charge is 2.29. The maximum Gasteiger partial charge on any atom is 0.330 e. The first-order valence-electron chi connectivity index (χ1n) is 14.9. The van der Waals surface area contributed by atoms with Gasteiger partial charge in [-0.1, -0.05) is 18.7 Å². The standard InChI is InChI=1S/C33H38F2N4O6/c1-18-17-44-13-11-39(18)22-15-25(34)29(26(35)16-22)31(40)36-27(20(3)43-6)14-21-9-10-24(30-23(21)8-7-12-45-30)28-19(2)37(4)33(42)38(5)32(28)41/h9-10,15-16,18,27H,3,7-8,11-14,17H2,1-2,4-6H3,(H,36,40)/t18-,27-/m0/s1. The second kappa shape index (κ2) is 12.9. The Kier molecular flexibility index (Phi) is 9.15. The molecule has 2 atom stereocenters. The number of aromatic nitrogens is 2. The molecule has 0 spiro atoms. The molecule has 1 saturated heterocycles. The van der Waals surface area contributed by atoms with Gasteiger partial charge < -0.3 is 29.0 Å². The maximum absolute atomic E-state index is 15.3. The van der Waals surface area contributed by atoms with Gasteiger partial charge in [-0.05, 0) is 49.9 Å². The van der Waals surface area contributed by atoms with Gasteiger partial charge in [0.15, 0.2) is 0 Å². The van der Waals surface area contributed by atoms with Crippen molar-refractivity contribution < 1.29 is 27.8 Å². The summed E-state index contributed by atoms with van der Waals surface area (Å²) in [4.78, 5) is 40.9. The van der Waals surface area contributed by atoms with E-state index in [1.54, 1.807) is 20.0 Å². The molecular formula is C33H38F2N4O6. The van der Waals surface area contributed by atoms with E-state index in [1.165, 1.54) is 18.7 Å². The third-order valence-corrected chi connectivity index (χ3v) is 8.74. The van der Waals surface area contributed by atoms with Crippen LogP contribution in [0.5, 0.6) is 5.75 Å². The summed E-state index contributed by atoms with van der Waals surface area (Å²) in [6.45, 7) is 9.32. The molecule has 0 bridgehead atoms. The molecule has 0 unspecified atom stereocenters. The molecule has 1 aromatic heterocycles. The highest BCUT2D eigenvalue weighted by Crippen LogP contribution is 2.39. The van der Waals surface area contributed by atoms with Gasteiger partial charge in [-0.15, -0.1) is 0 Å². The maximum atomic E-state index is 15.3. The van der Waals surface area contributed by atoms with Gasteiger partial charge in [0.1, 0.15) is 28.7 Å². The Balaban J connectivity index is 1.47. The van der Waals surface area contributed by atoms with Crippen LogP contribution in [0.4, 0.5) is 14.5 Å². The number of nitrogens with one attached hydrogen (secondary N) is 1. The van der Waals surface area contributed by atoms with Crippen molar-refractivity contribution in [3.8, 4) is 16.9 Å². The summed E-state index contributed by atoms with van der Waals surface area (Å²) in [6, 6.07) is 5.00. The Morgan fingerprint density at radius 1 is 1.16 bits per heavy atom. The van der Waals surface area contributed by atoms with Crippen LogP contribution >= 0.6 is 0 Å². The number of carbonyl (C=O) groups is 1. The quantitative estimate of drug-likeness (QED) is 0.384. The van der Waals surface area contributed by atoms with Gasteiger partial charge in [0.05, 0.1) is 38.5 Å². The van der Waals surface area contributed by atoms with Crippen LogP contribution in [0.1, 0.15) is 40.5 Å². The number of methoxy groups -OCH3 is 1. The van der Waals surface area contributed by atoms with E-state index in [0.29, 0.717) is 61.0 Å². The number of halogens is 2. The fraction of sp³-hybridized carbons (Fsp3) is 0.424. The molecule has 10 nitrogen and oxygen atoms in total. The van der Waals surface area contributed by atoms with Crippen molar-refractivity contribution in [2.45, 2.75) is 45.2 Å². The normalized spacial score (nSPS) is 16.9. The fourth-order valence-electron chi connectivity index (χ4n) is 6.07. The summed E-state index contributed by atoms with van der Waals surface area (Å²) in [7, 11) is 4.44. The van der Waals surface area contributed by atoms with Gasteiger partial charge in [0.25, 0.3) is 11.5 Å². The molecule has 2 aliphatic rings. The average molecular weight is 625 g/mol. The zero-order valence-corrected chi connectivity index (χ0v) is 26.2. The van der Waals surface area contributed by atoms with Gasteiger partial charge in [-0.25, -0.2) is 13.6 Å². The molecule has 5 rings (SSSR count). The number of benzene rings is 2. The van der Waals surface area contributed by atoms with Crippen LogP contribution < -0.4 is 26.2 Å². The highest BCUT2D eigenvalue weighted by molar-refractivity contribution is 5.95. The SMILES string of the molecule is C=C(OC)[C@H](Cc1ccc(-c2c(C)n(C)c(=O)n(C)c2=O)c2c1CCCO2)NC(=O)c1c(F)cc(N2CCOC[C@@H]2C)cc1F. The first-order valence-corrected chi connectivity index (χ1v) is 14.9. The van der Waals surface area contributed by atoms with Crippen LogP contribution in [0.25, 0.3) is 11.1 Å². The van der Waals surface area contributed by atoms with E-state index in [0.717, 1.165) is 34.2 Å². The van der Waals surface area contributed by atoms with E-state index in [1.807, 2.05) is 17.9 Å². The van der Waals surface area contributed by atoms with Crippen molar-refractivity contribution >= 4 is 11.6 Å². The number of carbonyl (C=O) groups excluding carboxylic acids is 1. The Bertz CT molecular complexity index is 1760. The van der Waals surface area contributed by atoms with Crippen molar-refractivity contribution in [2.24, 2.45) is 14.1 Å². The lowest BCUT2D eigenvalue weighted by molar-refractivity contribution is 0.0920. The number of ether oxygens (including phenoxy) is 3. The van der Waals surface area contributed by atoms with Crippen LogP contribution in [-0.2, 0) is 36.4 Å². The minimum absolute atomic E-state index is 0.0753. The van der Waals surface area contributed by atoms with Crippen molar-refractivity contribution in [1.29, 1.82) is 0 Å². The molecule has 0 radical (unpaired) electrons. The molecule has 0 aliphatic carbocycles. The second-order valence-corrected chi connectivity index (χ2v) is 11.5. The minimum Gasteiger partial charge on any atom is -0.500 e. The van der Waals surface area contributed by atoms with Crippen LogP contribution in [0, 0.1) is 18.6 Å². The molecule has 2 aliphatic heterocycles. The van der Waals surface area contributed by atoms with Gasteiger partial charge in [0.2, 0.25) is 0 Å². The largest absolute Gasteiger partial charge is 0.500 e. The second-order valence-electron chi connectivity index (χ2n) is 11.5. The number of hydrogen-bond acceptors (Lipinski definition) is 7. The van der Waals surface area contributed by atoms with Crippen LogP contribution in [0.2, 0.25) is 0 Å². The van der Waals surface area contributed by atoms with Crippen LogP contribution in [0.15, 0.2) is 46.2 Å². The lowest BCUT2D eigenvalue weighted by atomic mass is 9.90. The van der Waals surface area contributed by atoms with E-state index in [-0.39, 0.29) is 18.2 Å². The molecule has 1 fully saturated rings. The molecule has 240 valence electrons. The molecule has 45 heavy (non-hydrogen) atoms. The summed E-state index contributed by atoms with van der Waals surface area (Å²) in [5.41, 5.74) is 1.82. The number of fused-ring (bicyclic) bond motifs is 1. The Morgan fingerprint density at radius 2 is 1.87 bits per heavy atom. The van der Waals surface area contributed by atoms with Gasteiger partial charge in [0, 0.05) is 50.0 Å². The highest BCUT2D eigenvalue weighted by atomic mass is 19.1. The Hall–Kier alpha value is -4.45. The molecule has 1 N–H and O–H groups in total. The van der Waals surface area contributed by atoms with E-state index < -0.39 is 40.4 Å². The average Bonchev–Trinajstić information content (AvgIpc) is 3.02.